The summed E-state index contributed by atoms with van der Waals surface area (Å²) in [6, 6.07) is 0. The molecule has 12 heavy (non-hydrogen) atoms. The number of aryl methyl sites for hydroxylation is 1. The zero-order chi connectivity index (χ0) is 9.14. The lowest BCUT2D eigenvalue weighted by molar-refractivity contribution is 0.158. The minimum Gasteiger partial charge on any atom is -0.449 e. The molecule has 1 heterocycles. The number of hydrogen-bond acceptors (Lipinski definition) is 5. The third-order valence-electron chi connectivity index (χ3n) is 1.16. The summed E-state index contributed by atoms with van der Waals surface area (Å²) >= 11 is 3.36. The van der Waals surface area contributed by atoms with Crippen LogP contribution in [0.2, 0.25) is 0 Å². The smallest absolute Gasteiger partial charge is 0.449 e. The van der Waals surface area contributed by atoms with Crippen LogP contribution in [0.25, 0.3) is 0 Å². The van der Waals surface area contributed by atoms with E-state index >= 15 is 0 Å². The van der Waals surface area contributed by atoms with E-state index in [2.05, 4.69) is 26.2 Å². The zero-order valence-electron chi connectivity index (χ0n) is 6.20. The highest BCUT2D eigenvalue weighted by molar-refractivity contribution is 7.96. The van der Waals surface area contributed by atoms with E-state index in [9.17, 15) is 9.59 Å². The van der Waals surface area contributed by atoms with Gasteiger partial charge in [-0.1, -0.05) is 12.6 Å². The van der Waals surface area contributed by atoms with Crippen LogP contribution in [0.3, 0.4) is 0 Å². The Morgan fingerprint density at radius 2 is 2.25 bits per heavy atom. The second kappa shape index (κ2) is 3.48. The largest absolute Gasteiger partial charge is 0.519 e. The molecule has 1 rings (SSSR count). The molecule has 0 fully saturated rings. The number of rotatable bonds is 2. The van der Waals surface area contributed by atoms with E-state index in [0.717, 1.165) is 0 Å². The van der Waals surface area contributed by atoms with Crippen LogP contribution in [0.1, 0.15) is 11.5 Å². The first-order valence-electron chi connectivity index (χ1n) is 3.04. The van der Waals surface area contributed by atoms with Crippen LogP contribution in [0.15, 0.2) is 13.6 Å². The molecule has 0 aliphatic heterocycles. The average molecular weight is 190 g/mol. The number of hydrogen-bond donors (Lipinski definition) is 1. The van der Waals surface area contributed by atoms with E-state index in [1.807, 2.05) is 0 Å². The molecule has 0 N–H and O–H groups in total. The molecular formula is C6H6O5S. The Morgan fingerprint density at radius 3 is 2.67 bits per heavy atom. The zero-order valence-corrected chi connectivity index (χ0v) is 7.09. The van der Waals surface area contributed by atoms with Gasteiger partial charge in [-0.05, 0) is 6.92 Å². The van der Waals surface area contributed by atoms with Crippen molar-refractivity contribution in [3.63, 3.8) is 0 Å². The van der Waals surface area contributed by atoms with Crippen molar-refractivity contribution in [3.8, 4) is 0 Å². The molecular weight excluding hydrogens is 184 g/mol. The lowest BCUT2D eigenvalue weighted by atomic mass is 10.4. The number of carbonyl (C=O) groups excluding carboxylic acids is 1. The number of thiol groups is 1. The Balaban J connectivity index is 2.69. The molecule has 0 radical (unpaired) electrons. The Morgan fingerprint density at radius 1 is 1.58 bits per heavy atom. The van der Waals surface area contributed by atoms with Gasteiger partial charge in [0.15, 0.2) is 18.1 Å². The number of ether oxygens (including phenoxy) is 1. The minimum atomic E-state index is -0.808. The standard InChI is InChI=1S/C6H6O5S/c1-3-4(2-9-6(8)12)11-5(7)10-3/h2H2,1H3,(H,8,12). The predicted octanol–water partition coefficient (Wildman–Crippen LogP) is 1.11. The first kappa shape index (κ1) is 8.92. The van der Waals surface area contributed by atoms with Crippen LogP contribution in [0, 0.1) is 6.92 Å². The van der Waals surface area contributed by atoms with Crippen molar-refractivity contribution in [1.82, 2.24) is 0 Å². The summed E-state index contributed by atoms with van der Waals surface area (Å²) in [5, 5.41) is -0.738. The van der Waals surface area contributed by atoms with Gasteiger partial charge in [0.25, 0.3) is 0 Å². The van der Waals surface area contributed by atoms with Gasteiger partial charge < -0.3 is 13.6 Å². The lowest BCUT2D eigenvalue weighted by Crippen LogP contribution is -1.95. The average Bonchev–Trinajstić information content (AvgIpc) is 2.26. The van der Waals surface area contributed by atoms with E-state index in [0.29, 0.717) is 5.76 Å². The van der Waals surface area contributed by atoms with Crippen molar-refractivity contribution in [3.05, 3.63) is 22.1 Å². The lowest BCUT2D eigenvalue weighted by Gasteiger charge is -1.95. The molecule has 0 aliphatic rings. The van der Waals surface area contributed by atoms with Gasteiger partial charge in [-0.15, -0.1) is 0 Å². The summed E-state index contributed by atoms with van der Waals surface area (Å²) in [5.74, 6) is -0.310. The second-order valence-corrected chi connectivity index (χ2v) is 2.35. The van der Waals surface area contributed by atoms with Crippen LogP contribution in [0.4, 0.5) is 4.79 Å². The van der Waals surface area contributed by atoms with Gasteiger partial charge in [0.1, 0.15) is 0 Å². The van der Waals surface area contributed by atoms with Crippen LogP contribution in [0.5, 0.6) is 0 Å². The minimum absolute atomic E-state index is 0.139. The fourth-order valence-electron chi connectivity index (χ4n) is 0.634. The fourth-order valence-corrected chi connectivity index (χ4v) is 0.698. The van der Waals surface area contributed by atoms with E-state index in [-0.39, 0.29) is 12.4 Å². The Bertz CT molecular complexity index is 336. The van der Waals surface area contributed by atoms with Crippen LogP contribution in [-0.4, -0.2) is 5.30 Å². The molecule has 0 atom stereocenters. The van der Waals surface area contributed by atoms with E-state index in [4.69, 9.17) is 0 Å². The number of carbonyl (C=O) groups is 1. The van der Waals surface area contributed by atoms with Crippen molar-refractivity contribution >= 4 is 17.9 Å². The van der Waals surface area contributed by atoms with Crippen molar-refractivity contribution in [2.75, 3.05) is 0 Å². The fraction of sp³-hybridized carbons (Fsp3) is 0.333. The van der Waals surface area contributed by atoms with Gasteiger partial charge in [-0.2, -0.15) is 0 Å². The molecule has 0 bridgehead atoms. The van der Waals surface area contributed by atoms with Gasteiger partial charge >= 0.3 is 11.1 Å². The van der Waals surface area contributed by atoms with E-state index in [1.54, 1.807) is 0 Å². The Hall–Kier alpha value is -1.17. The molecule has 66 valence electrons. The van der Waals surface area contributed by atoms with Gasteiger partial charge in [-0.3, -0.25) is 0 Å². The molecule has 1 aromatic heterocycles. The summed E-state index contributed by atoms with van der Waals surface area (Å²) in [7, 11) is 0. The van der Waals surface area contributed by atoms with Crippen molar-refractivity contribution < 1.29 is 18.4 Å². The quantitative estimate of drug-likeness (QED) is 0.558. The maximum absolute atomic E-state index is 10.5. The highest BCUT2D eigenvalue weighted by Crippen LogP contribution is 2.06. The van der Waals surface area contributed by atoms with Gasteiger partial charge in [0, 0.05) is 0 Å². The van der Waals surface area contributed by atoms with Crippen molar-refractivity contribution in [1.29, 1.82) is 0 Å². The molecule has 0 aromatic carbocycles. The first-order valence-corrected chi connectivity index (χ1v) is 3.49. The third kappa shape index (κ3) is 2.16. The topological polar surface area (TPSA) is 69.7 Å². The molecule has 6 heteroatoms. The van der Waals surface area contributed by atoms with Gasteiger partial charge in [0.05, 0.1) is 0 Å². The van der Waals surface area contributed by atoms with E-state index in [1.165, 1.54) is 6.92 Å². The molecule has 0 aliphatic carbocycles. The molecule has 0 saturated carbocycles. The summed E-state index contributed by atoms with van der Waals surface area (Å²) in [6.07, 6.45) is 0. The maximum atomic E-state index is 10.5. The summed E-state index contributed by atoms with van der Waals surface area (Å²) < 4.78 is 13.5. The monoisotopic (exact) mass is 190 g/mol. The van der Waals surface area contributed by atoms with Crippen LogP contribution < -0.4 is 5.82 Å². The molecule has 1 aromatic rings. The van der Waals surface area contributed by atoms with Gasteiger partial charge in [0.2, 0.25) is 0 Å². The third-order valence-corrected chi connectivity index (χ3v) is 1.29. The second-order valence-electron chi connectivity index (χ2n) is 1.99. The van der Waals surface area contributed by atoms with Gasteiger partial charge in [-0.25, -0.2) is 9.59 Å². The molecule has 0 amide bonds. The highest BCUT2D eigenvalue weighted by Gasteiger charge is 2.09. The molecule has 0 unspecified atom stereocenters. The predicted molar refractivity (Wildman–Crippen MR) is 41.2 cm³/mol. The van der Waals surface area contributed by atoms with E-state index < -0.39 is 11.1 Å². The van der Waals surface area contributed by atoms with Crippen LogP contribution >= 0.6 is 12.6 Å². The van der Waals surface area contributed by atoms with Crippen LogP contribution in [-0.2, 0) is 11.3 Å². The first-order chi connectivity index (χ1) is 5.59. The normalized spacial score (nSPS) is 9.83. The highest BCUT2D eigenvalue weighted by atomic mass is 32.1. The SMILES string of the molecule is Cc1oc(=O)oc1COC(=O)S. The summed E-state index contributed by atoms with van der Waals surface area (Å²) in [4.78, 5) is 20.7. The van der Waals surface area contributed by atoms with Crippen molar-refractivity contribution in [2.45, 2.75) is 13.5 Å². The molecule has 0 saturated heterocycles. The van der Waals surface area contributed by atoms with Crippen molar-refractivity contribution in [2.24, 2.45) is 0 Å². The molecule has 0 spiro atoms. The molecule has 5 nitrogen and oxygen atoms in total. The Kier molecular flexibility index (Phi) is 2.59. The maximum Gasteiger partial charge on any atom is 0.519 e. The summed E-state index contributed by atoms with van der Waals surface area (Å²) in [5.41, 5.74) is 0. The Labute approximate surface area is 72.7 Å². The summed E-state index contributed by atoms with van der Waals surface area (Å²) in [6.45, 7) is 1.40.